The number of ether oxygens (including phenoxy) is 1. The first-order valence-corrected chi connectivity index (χ1v) is 9.64. The Morgan fingerprint density at radius 3 is 2.72 bits per heavy atom. The van der Waals surface area contributed by atoms with Crippen molar-refractivity contribution in [1.82, 2.24) is 10.3 Å². The smallest absolute Gasteiger partial charge is 0.337 e. The third kappa shape index (κ3) is 3.78. The molecule has 0 bridgehead atoms. The second-order valence-corrected chi connectivity index (χ2v) is 7.25. The van der Waals surface area contributed by atoms with Crippen molar-refractivity contribution < 1.29 is 19.4 Å². The van der Waals surface area contributed by atoms with Gasteiger partial charge in [-0.25, -0.2) is 4.79 Å². The van der Waals surface area contributed by atoms with Gasteiger partial charge in [0.05, 0.1) is 11.3 Å². The number of phenols is 1. The number of nitrogens with one attached hydrogen (secondary N) is 1. The lowest BCUT2D eigenvalue weighted by Crippen LogP contribution is -2.34. The van der Waals surface area contributed by atoms with Gasteiger partial charge in [0.25, 0.3) is 0 Å². The number of dihydropyridines is 1. The van der Waals surface area contributed by atoms with Gasteiger partial charge in [-0.3, -0.25) is 9.78 Å². The molecule has 1 aliphatic carbocycles. The molecular formula is C23H22N2O4. The van der Waals surface area contributed by atoms with Crippen molar-refractivity contribution in [2.45, 2.75) is 38.7 Å². The summed E-state index contributed by atoms with van der Waals surface area (Å²) in [5.41, 5.74) is 4.02. The van der Waals surface area contributed by atoms with Gasteiger partial charge < -0.3 is 15.2 Å². The highest BCUT2D eigenvalue weighted by Gasteiger charge is 2.39. The van der Waals surface area contributed by atoms with E-state index in [1.807, 2.05) is 13.0 Å². The van der Waals surface area contributed by atoms with E-state index >= 15 is 0 Å². The highest BCUT2D eigenvalue weighted by atomic mass is 16.5. The largest absolute Gasteiger partial charge is 0.508 e. The molecule has 0 radical (unpaired) electrons. The van der Waals surface area contributed by atoms with Crippen molar-refractivity contribution in [3.8, 4) is 5.75 Å². The number of nitrogens with zero attached hydrogens (tertiary/aromatic N) is 1. The lowest BCUT2D eigenvalue weighted by Gasteiger charge is -2.34. The number of allylic oxidation sites excluding steroid dienone is 3. The number of hydrogen-bond donors (Lipinski definition) is 2. The van der Waals surface area contributed by atoms with E-state index in [9.17, 15) is 14.7 Å². The van der Waals surface area contributed by atoms with Gasteiger partial charge in [0.15, 0.2) is 5.78 Å². The van der Waals surface area contributed by atoms with Crippen LogP contribution in [0.25, 0.3) is 0 Å². The summed E-state index contributed by atoms with van der Waals surface area (Å²) in [6.07, 6.45) is 3.67. The number of esters is 1. The van der Waals surface area contributed by atoms with Crippen LogP contribution in [0.1, 0.15) is 43.4 Å². The third-order valence-electron chi connectivity index (χ3n) is 5.30. The molecule has 2 aromatic rings. The zero-order valence-electron chi connectivity index (χ0n) is 16.1. The van der Waals surface area contributed by atoms with E-state index in [1.165, 1.54) is 0 Å². The summed E-state index contributed by atoms with van der Waals surface area (Å²) >= 11 is 0. The van der Waals surface area contributed by atoms with Gasteiger partial charge in [0, 0.05) is 35.5 Å². The van der Waals surface area contributed by atoms with Gasteiger partial charge >= 0.3 is 5.97 Å². The van der Waals surface area contributed by atoms with E-state index in [0.29, 0.717) is 29.0 Å². The normalized spacial score (nSPS) is 18.9. The fourth-order valence-electron chi connectivity index (χ4n) is 3.95. The molecule has 148 valence electrons. The number of pyridine rings is 1. The van der Waals surface area contributed by atoms with Crippen LogP contribution in [0.4, 0.5) is 0 Å². The molecule has 1 unspecified atom stereocenters. The summed E-state index contributed by atoms with van der Waals surface area (Å²) in [6.45, 7) is 1.88. The van der Waals surface area contributed by atoms with Crippen LogP contribution in [0.15, 0.2) is 71.2 Å². The lowest BCUT2D eigenvalue weighted by molar-refractivity contribution is -0.140. The Morgan fingerprint density at radius 2 is 2.00 bits per heavy atom. The predicted octanol–water partition coefficient (Wildman–Crippen LogP) is 3.50. The minimum absolute atomic E-state index is 0.0411. The molecule has 0 saturated heterocycles. The number of carbonyl (C=O) groups is 2. The highest BCUT2D eigenvalue weighted by molar-refractivity contribution is 6.03. The number of aromatic hydroxyl groups is 1. The number of rotatable bonds is 4. The zero-order valence-corrected chi connectivity index (χ0v) is 16.1. The summed E-state index contributed by atoms with van der Waals surface area (Å²) in [5.74, 6) is -0.828. The predicted molar refractivity (Wildman–Crippen MR) is 107 cm³/mol. The molecule has 1 atom stereocenters. The van der Waals surface area contributed by atoms with Crippen molar-refractivity contribution in [3.05, 3.63) is 82.5 Å². The van der Waals surface area contributed by atoms with Gasteiger partial charge in [-0.05, 0) is 49.6 Å². The molecule has 29 heavy (non-hydrogen) atoms. The van der Waals surface area contributed by atoms with Crippen LogP contribution in [0.2, 0.25) is 0 Å². The second kappa shape index (κ2) is 7.91. The van der Waals surface area contributed by atoms with Crippen molar-refractivity contribution >= 4 is 11.8 Å². The van der Waals surface area contributed by atoms with E-state index in [0.717, 1.165) is 24.1 Å². The molecule has 1 aromatic heterocycles. The fourth-order valence-corrected chi connectivity index (χ4v) is 3.95. The average molecular weight is 390 g/mol. The molecule has 2 heterocycles. The molecule has 6 nitrogen and oxygen atoms in total. The van der Waals surface area contributed by atoms with Gasteiger partial charge in [-0.15, -0.1) is 0 Å². The molecule has 2 N–H and O–H groups in total. The van der Waals surface area contributed by atoms with Crippen molar-refractivity contribution in [1.29, 1.82) is 0 Å². The van der Waals surface area contributed by atoms with Gasteiger partial charge in [0.2, 0.25) is 0 Å². The Morgan fingerprint density at radius 1 is 1.21 bits per heavy atom. The number of hydrogen-bond acceptors (Lipinski definition) is 6. The first-order chi connectivity index (χ1) is 14.0. The fraction of sp³-hybridized carbons (Fsp3) is 0.261. The number of phenolic OH excluding ortho intramolecular Hbond substituents is 1. The summed E-state index contributed by atoms with van der Waals surface area (Å²) in [6, 6.07) is 12.0. The van der Waals surface area contributed by atoms with Crippen LogP contribution in [0.3, 0.4) is 0 Å². The quantitative estimate of drug-likeness (QED) is 0.777. The topological polar surface area (TPSA) is 88.5 Å². The molecule has 0 saturated carbocycles. The number of aromatic nitrogens is 1. The molecule has 1 aliphatic heterocycles. The summed E-state index contributed by atoms with van der Waals surface area (Å²) in [5, 5.41) is 12.9. The maximum Gasteiger partial charge on any atom is 0.337 e. The highest BCUT2D eigenvalue weighted by Crippen LogP contribution is 2.42. The first kappa shape index (κ1) is 18.9. The van der Waals surface area contributed by atoms with Crippen molar-refractivity contribution in [2.75, 3.05) is 0 Å². The van der Waals surface area contributed by atoms with Crippen molar-refractivity contribution in [2.24, 2.45) is 0 Å². The van der Waals surface area contributed by atoms with E-state index in [1.54, 1.807) is 42.6 Å². The minimum atomic E-state index is -0.518. The second-order valence-electron chi connectivity index (χ2n) is 7.25. The first-order valence-electron chi connectivity index (χ1n) is 9.64. The Bertz CT molecular complexity index is 1010. The molecule has 1 aromatic carbocycles. The molecule has 4 rings (SSSR count). The molecule has 0 spiro atoms. The van der Waals surface area contributed by atoms with Crippen LogP contribution in [0.5, 0.6) is 5.75 Å². The minimum Gasteiger partial charge on any atom is -0.508 e. The van der Waals surface area contributed by atoms with Crippen LogP contribution in [-0.2, 0) is 20.9 Å². The maximum absolute atomic E-state index is 13.1. The molecular weight excluding hydrogens is 368 g/mol. The van der Waals surface area contributed by atoms with Crippen LogP contribution >= 0.6 is 0 Å². The van der Waals surface area contributed by atoms with Crippen LogP contribution in [0, 0.1) is 0 Å². The van der Waals surface area contributed by atoms with E-state index < -0.39 is 11.9 Å². The van der Waals surface area contributed by atoms with E-state index in [-0.39, 0.29) is 18.1 Å². The number of carbonyl (C=O) groups excluding carboxylic acids is 2. The average Bonchev–Trinajstić information content (AvgIpc) is 2.72. The summed E-state index contributed by atoms with van der Waals surface area (Å²) < 4.78 is 5.55. The van der Waals surface area contributed by atoms with Crippen LogP contribution in [-0.4, -0.2) is 21.8 Å². The maximum atomic E-state index is 13.1. The Kier molecular flexibility index (Phi) is 5.16. The Balaban J connectivity index is 1.70. The third-order valence-corrected chi connectivity index (χ3v) is 5.30. The van der Waals surface area contributed by atoms with Crippen molar-refractivity contribution in [3.63, 3.8) is 0 Å². The number of Topliss-reactive ketones (excluding diaryl/α,β-unsaturated/α-hetero) is 1. The van der Waals surface area contributed by atoms with E-state index in [4.69, 9.17) is 4.74 Å². The Labute approximate surface area is 168 Å². The molecule has 0 fully saturated rings. The summed E-state index contributed by atoms with van der Waals surface area (Å²) in [7, 11) is 0. The summed E-state index contributed by atoms with van der Waals surface area (Å²) in [4.78, 5) is 30.1. The zero-order chi connectivity index (χ0) is 20.4. The van der Waals surface area contributed by atoms with E-state index in [2.05, 4.69) is 10.3 Å². The Hall–Kier alpha value is -3.41. The van der Waals surface area contributed by atoms with Gasteiger partial charge in [0.1, 0.15) is 12.4 Å². The lowest BCUT2D eigenvalue weighted by atomic mass is 9.75. The SMILES string of the molecule is CC1=C(C(=O)OCc2ccccn2)C(c2ccc(O)cc2)C2=C(CCCC2=O)N1. The molecule has 0 amide bonds. The van der Waals surface area contributed by atoms with Gasteiger partial charge in [-0.1, -0.05) is 18.2 Å². The van der Waals surface area contributed by atoms with Gasteiger partial charge in [-0.2, -0.15) is 0 Å². The molecule has 6 heteroatoms. The molecule has 2 aliphatic rings. The standard InChI is InChI=1S/C23H22N2O4/c1-14-20(23(28)29-13-16-5-2-3-12-24-16)21(15-8-10-17(26)11-9-15)22-18(25-14)6-4-7-19(22)27/h2-3,5,8-12,21,25-26H,4,6-7,13H2,1H3. The van der Waals surface area contributed by atoms with Crippen LogP contribution < -0.4 is 5.32 Å². The number of benzene rings is 1. The number of ketones is 1. The monoisotopic (exact) mass is 390 g/mol.